The molecule has 0 radical (unpaired) electrons. The van der Waals surface area contributed by atoms with Crippen LogP contribution in [0.2, 0.25) is 0 Å². The summed E-state index contributed by atoms with van der Waals surface area (Å²) in [6.45, 7) is 4.26. The Morgan fingerprint density at radius 2 is 1.80 bits per heavy atom. The van der Waals surface area contributed by atoms with Crippen molar-refractivity contribution in [1.82, 2.24) is 9.21 Å². The van der Waals surface area contributed by atoms with E-state index < -0.39 is 10.0 Å². The van der Waals surface area contributed by atoms with E-state index in [0.717, 1.165) is 39.1 Å². The van der Waals surface area contributed by atoms with Crippen LogP contribution in [0.1, 0.15) is 12.8 Å². The Kier molecular flexibility index (Phi) is 5.83. The lowest BCUT2D eigenvalue weighted by Crippen LogP contribution is -2.52. The number of hydrogen-bond donors (Lipinski definition) is 0. The quantitative estimate of drug-likeness (QED) is 0.776. The second-order valence-electron chi connectivity index (χ2n) is 6.32. The van der Waals surface area contributed by atoms with Crippen molar-refractivity contribution in [3.8, 4) is 11.5 Å². The molecule has 2 aliphatic heterocycles. The van der Waals surface area contributed by atoms with Gasteiger partial charge in [-0.3, -0.25) is 4.90 Å². The summed E-state index contributed by atoms with van der Waals surface area (Å²) in [5.74, 6) is 0.941. The molecule has 0 aromatic heterocycles. The Bertz CT molecular complexity index is 688. The lowest BCUT2D eigenvalue weighted by Gasteiger charge is -2.40. The van der Waals surface area contributed by atoms with Crippen molar-refractivity contribution in [2.24, 2.45) is 0 Å². The van der Waals surface area contributed by atoms with Crippen molar-refractivity contribution in [2.45, 2.75) is 23.8 Å². The predicted molar refractivity (Wildman–Crippen MR) is 93.7 cm³/mol. The van der Waals surface area contributed by atoms with E-state index in [0.29, 0.717) is 24.6 Å². The molecule has 0 N–H and O–H groups in total. The average Bonchev–Trinajstić information content (AvgIpc) is 2.68. The van der Waals surface area contributed by atoms with Gasteiger partial charge in [0.05, 0.1) is 32.3 Å². The van der Waals surface area contributed by atoms with Crippen LogP contribution in [0.3, 0.4) is 0 Å². The zero-order valence-corrected chi connectivity index (χ0v) is 15.6. The summed E-state index contributed by atoms with van der Waals surface area (Å²) < 4.78 is 43.6. The molecule has 1 unspecified atom stereocenters. The summed E-state index contributed by atoms with van der Waals surface area (Å²) in [5, 5.41) is 0. The molecule has 2 heterocycles. The molecule has 1 aromatic carbocycles. The molecular formula is C17H26N2O5S. The van der Waals surface area contributed by atoms with E-state index in [4.69, 9.17) is 14.2 Å². The Morgan fingerprint density at radius 3 is 2.48 bits per heavy atom. The Labute approximate surface area is 149 Å². The first-order chi connectivity index (χ1) is 12.1. The summed E-state index contributed by atoms with van der Waals surface area (Å²) in [5.41, 5.74) is 0. The van der Waals surface area contributed by atoms with E-state index in [9.17, 15) is 8.42 Å². The van der Waals surface area contributed by atoms with E-state index >= 15 is 0 Å². The van der Waals surface area contributed by atoms with Gasteiger partial charge in [0.2, 0.25) is 10.0 Å². The van der Waals surface area contributed by atoms with Gasteiger partial charge in [0, 0.05) is 38.3 Å². The Hall–Kier alpha value is -1.35. The first kappa shape index (κ1) is 18.4. The minimum Gasteiger partial charge on any atom is -0.493 e. The maximum Gasteiger partial charge on any atom is 0.243 e. The van der Waals surface area contributed by atoms with Crippen LogP contribution in [0.15, 0.2) is 23.1 Å². The maximum absolute atomic E-state index is 13.1. The van der Waals surface area contributed by atoms with Crippen molar-refractivity contribution in [1.29, 1.82) is 0 Å². The van der Waals surface area contributed by atoms with Gasteiger partial charge in [-0.25, -0.2) is 8.42 Å². The molecule has 25 heavy (non-hydrogen) atoms. The largest absolute Gasteiger partial charge is 0.493 e. The van der Waals surface area contributed by atoms with Crippen molar-refractivity contribution >= 4 is 10.0 Å². The van der Waals surface area contributed by atoms with E-state index in [1.54, 1.807) is 16.4 Å². The van der Waals surface area contributed by atoms with E-state index in [-0.39, 0.29) is 10.9 Å². The van der Waals surface area contributed by atoms with Gasteiger partial charge >= 0.3 is 0 Å². The van der Waals surface area contributed by atoms with Crippen LogP contribution in [0.5, 0.6) is 11.5 Å². The summed E-state index contributed by atoms with van der Waals surface area (Å²) >= 11 is 0. The first-order valence-electron chi connectivity index (χ1n) is 8.60. The fourth-order valence-corrected chi connectivity index (χ4v) is 5.04. The highest BCUT2D eigenvalue weighted by Crippen LogP contribution is 2.31. The van der Waals surface area contributed by atoms with Crippen LogP contribution in [-0.2, 0) is 14.8 Å². The molecule has 140 valence electrons. The SMILES string of the molecule is COc1ccc(S(=O)(=O)N2CCCC(N3CCOCC3)C2)cc1OC. The molecule has 0 saturated carbocycles. The molecule has 3 rings (SSSR count). The van der Waals surface area contributed by atoms with Gasteiger partial charge < -0.3 is 14.2 Å². The highest BCUT2D eigenvalue weighted by molar-refractivity contribution is 7.89. The number of rotatable bonds is 5. The van der Waals surface area contributed by atoms with Crippen LogP contribution in [0, 0.1) is 0 Å². The Balaban J connectivity index is 1.79. The number of ether oxygens (including phenoxy) is 3. The van der Waals surface area contributed by atoms with Gasteiger partial charge in [-0.1, -0.05) is 0 Å². The first-order valence-corrected chi connectivity index (χ1v) is 10.0. The molecule has 2 fully saturated rings. The van der Waals surface area contributed by atoms with Gasteiger partial charge in [0.15, 0.2) is 11.5 Å². The third-order valence-corrected chi connectivity index (χ3v) is 6.78. The van der Waals surface area contributed by atoms with Crippen LogP contribution in [0.4, 0.5) is 0 Å². The van der Waals surface area contributed by atoms with E-state index in [1.165, 1.54) is 20.3 Å². The second kappa shape index (κ2) is 7.90. The highest BCUT2D eigenvalue weighted by atomic mass is 32.2. The number of sulfonamides is 1. The van der Waals surface area contributed by atoms with Gasteiger partial charge in [-0.2, -0.15) is 4.31 Å². The summed E-state index contributed by atoms with van der Waals surface area (Å²) in [4.78, 5) is 2.59. The molecule has 2 aliphatic rings. The van der Waals surface area contributed by atoms with Gasteiger partial charge in [0.25, 0.3) is 0 Å². The molecule has 1 aromatic rings. The zero-order valence-electron chi connectivity index (χ0n) is 14.8. The number of methoxy groups -OCH3 is 2. The number of morpholine rings is 1. The van der Waals surface area contributed by atoms with Crippen molar-refractivity contribution in [3.63, 3.8) is 0 Å². The molecule has 8 heteroatoms. The topological polar surface area (TPSA) is 68.3 Å². The molecule has 0 spiro atoms. The predicted octanol–water partition coefficient (Wildman–Crippen LogP) is 1.19. The van der Waals surface area contributed by atoms with Gasteiger partial charge in [-0.15, -0.1) is 0 Å². The molecule has 1 atom stereocenters. The minimum absolute atomic E-state index is 0.243. The normalized spacial score (nSPS) is 23.4. The van der Waals surface area contributed by atoms with Crippen LogP contribution in [0.25, 0.3) is 0 Å². The fraction of sp³-hybridized carbons (Fsp3) is 0.647. The van der Waals surface area contributed by atoms with Crippen LogP contribution >= 0.6 is 0 Å². The summed E-state index contributed by atoms with van der Waals surface area (Å²) in [7, 11) is -0.516. The lowest BCUT2D eigenvalue weighted by atomic mass is 10.1. The van der Waals surface area contributed by atoms with Crippen molar-refractivity contribution < 1.29 is 22.6 Å². The van der Waals surface area contributed by atoms with Crippen molar-refractivity contribution in [3.05, 3.63) is 18.2 Å². The minimum atomic E-state index is -3.55. The van der Waals surface area contributed by atoms with Gasteiger partial charge in [-0.05, 0) is 25.0 Å². The summed E-state index contributed by atoms with van der Waals surface area (Å²) in [6.07, 6.45) is 1.90. The molecule has 0 amide bonds. The zero-order chi connectivity index (χ0) is 17.9. The lowest BCUT2D eigenvalue weighted by molar-refractivity contribution is 0.00537. The van der Waals surface area contributed by atoms with Gasteiger partial charge in [0.1, 0.15) is 0 Å². The average molecular weight is 370 g/mol. The maximum atomic E-state index is 13.1. The second-order valence-corrected chi connectivity index (χ2v) is 8.26. The molecular weight excluding hydrogens is 344 g/mol. The highest BCUT2D eigenvalue weighted by Gasteiger charge is 2.33. The van der Waals surface area contributed by atoms with Crippen LogP contribution < -0.4 is 9.47 Å². The fourth-order valence-electron chi connectivity index (χ4n) is 3.51. The number of nitrogens with zero attached hydrogens (tertiary/aromatic N) is 2. The standard InChI is InChI=1S/C17H26N2O5S/c1-22-16-6-5-15(12-17(16)23-2)25(20,21)19-7-3-4-14(13-19)18-8-10-24-11-9-18/h5-6,12,14H,3-4,7-11,13H2,1-2H3. The van der Waals surface area contributed by atoms with Crippen molar-refractivity contribution in [2.75, 3.05) is 53.6 Å². The third kappa shape index (κ3) is 3.92. The molecule has 7 nitrogen and oxygen atoms in total. The number of piperidine rings is 1. The third-order valence-electron chi connectivity index (χ3n) is 4.91. The monoisotopic (exact) mass is 370 g/mol. The Morgan fingerprint density at radius 1 is 1.08 bits per heavy atom. The molecule has 2 saturated heterocycles. The molecule has 0 bridgehead atoms. The summed E-state index contributed by atoms with van der Waals surface area (Å²) in [6, 6.07) is 5.00. The number of benzene rings is 1. The van der Waals surface area contributed by atoms with Crippen LogP contribution in [-0.4, -0.2) is 77.3 Å². The van der Waals surface area contributed by atoms with E-state index in [2.05, 4.69) is 4.90 Å². The van der Waals surface area contributed by atoms with E-state index in [1.807, 2.05) is 0 Å². The molecule has 0 aliphatic carbocycles. The smallest absolute Gasteiger partial charge is 0.243 e. The number of hydrogen-bond acceptors (Lipinski definition) is 6.